The topological polar surface area (TPSA) is 86.9 Å². The van der Waals surface area contributed by atoms with Crippen LogP contribution in [-0.4, -0.2) is 37.6 Å². The van der Waals surface area contributed by atoms with Crippen molar-refractivity contribution >= 4 is 16.9 Å². The maximum Gasteiger partial charge on any atom is 0.252 e. The number of methoxy groups -OCH3 is 1. The van der Waals surface area contributed by atoms with Crippen molar-refractivity contribution in [2.24, 2.45) is 0 Å². The number of hydrogen-bond donors (Lipinski definition) is 1. The molecule has 0 saturated carbocycles. The molecular formula is C24H28N6O2. The number of carbonyl (C=O) groups is 1. The van der Waals surface area contributed by atoms with E-state index in [1.807, 2.05) is 75.8 Å². The largest absolute Gasteiger partial charge is 0.497 e. The van der Waals surface area contributed by atoms with Crippen LogP contribution in [0.5, 0.6) is 5.75 Å². The first kappa shape index (κ1) is 21.5. The zero-order valence-electron chi connectivity index (χ0n) is 19.3. The minimum Gasteiger partial charge on any atom is -0.497 e. The summed E-state index contributed by atoms with van der Waals surface area (Å²) >= 11 is 0. The highest BCUT2D eigenvalue weighted by Gasteiger charge is 2.22. The van der Waals surface area contributed by atoms with Gasteiger partial charge in [0.1, 0.15) is 5.75 Å². The van der Waals surface area contributed by atoms with Gasteiger partial charge in [-0.15, -0.1) is 0 Å². The number of nitrogens with zero attached hydrogens (tertiary/aromatic N) is 5. The smallest absolute Gasteiger partial charge is 0.252 e. The summed E-state index contributed by atoms with van der Waals surface area (Å²) < 4.78 is 8.90. The highest BCUT2D eigenvalue weighted by atomic mass is 16.5. The highest BCUT2D eigenvalue weighted by molar-refractivity contribution is 6.07. The van der Waals surface area contributed by atoms with Crippen molar-refractivity contribution in [3.63, 3.8) is 0 Å². The molecule has 32 heavy (non-hydrogen) atoms. The Morgan fingerprint density at radius 3 is 2.47 bits per heavy atom. The van der Waals surface area contributed by atoms with Gasteiger partial charge in [-0.2, -0.15) is 10.2 Å². The van der Waals surface area contributed by atoms with E-state index in [-0.39, 0.29) is 11.9 Å². The van der Waals surface area contributed by atoms with E-state index in [0.717, 1.165) is 46.0 Å². The molecule has 8 heteroatoms. The molecule has 0 spiro atoms. The van der Waals surface area contributed by atoms with Crippen LogP contribution in [0.15, 0.2) is 36.5 Å². The number of hydrogen-bond acceptors (Lipinski definition) is 5. The Balaban J connectivity index is 1.73. The van der Waals surface area contributed by atoms with Crippen LogP contribution >= 0.6 is 0 Å². The molecular weight excluding hydrogens is 404 g/mol. The maximum absolute atomic E-state index is 13.3. The monoisotopic (exact) mass is 432 g/mol. The quantitative estimate of drug-likeness (QED) is 0.496. The predicted molar refractivity (Wildman–Crippen MR) is 123 cm³/mol. The van der Waals surface area contributed by atoms with Crippen molar-refractivity contribution in [3.8, 4) is 11.4 Å². The van der Waals surface area contributed by atoms with E-state index < -0.39 is 0 Å². The number of benzene rings is 1. The van der Waals surface area contributed by atoms with Crippen molar-refractivity contribution in [1.29, 1.82) is 0 Å². The van der Waals surface area contributed by atoms with E-state index in [1.165, 1.54) is 0 Å². The third-order valence-corrected chi connectivity index (χ3v) is 5.62. The van der Waals surface area contributed by atoms with Gasteiger partial charge >= 0.3 is 0 Å². The molecule has 0 radical (unpaired) electrons. The zero-order valence-corrected chi connectivity index (χ0v) is 19.3. The second-order valence-electron chi connectivity index (χ2n) is 7.93. The summed E-state index contributed by atoms with van der Waals surface area (Å²) in [7, 11) is 1.63. The Kier molecular flexibility index (Phi) is 5.69. The minimum atomic E-state index is -0.178. The Morgan fingerprint density at radius 1 is 1.12 bits per heavy atom. The second-order valence-corrected chi connectivity index (χ2v) is 7.93. The molecule has 1 amide bonds. The van der Waals surface area contributed by atoms with Gasteiger partial charge < -0.3 is 10.1 Å². The molecule has 1 aromatic carbocycles. The Morgan fingerprint density at radius 2 is 1.84 bits per heavy atom. The van der Waals surface area contributed by atoms with Crippen molar-refractivity contribution in [3.05, 3.63) is 64.7 Å². The van der Waals surface area contributed by atoms with E-state index in [2.05, 4.69) is 15.5 Å². The highest BCUT2D eigenvalue weighted by Crippen LogP contribution is 2.26. The van der Waals surface area contributed by atoms with Crippen LogP contribution in [0.3, 0.4) is 0 Å². The molecule has 0 aliphatic rings. The van der Waals surface area contributed by atoms with Gasteiger partial charge in [0.05, 0.1) is 41.2 Å². The molecule has 0 bridgehead atoms. The lowest BCUT2D eigenvalue weighted by molar-refractivity contribution is 0.0941. The average Bonchev–Trinajstić information content (AvgIpc) is 3.32. The second kappa shape index (κ2) is 8.45. The van der Waals surface area contributed by atoms with Crippen molar-refractivity contribution in [2.45, 2.75) is 47.2 Å². The Labute approximate surface area is 187 Å². The Hall–Kier alpha value is -3.68. The third-order valence-electron chi connectivity index (χ3n) is 5.62. The van der Waals surface area contributed by atoms with Gasteiger partial charge in [-0.3, -0.25) is 9.48 Å². The number of aromatic nitrogens is 5. The molecule has 0 unspecified atom stereocenters. The summed E-state index contributed by atoms with van der Waals surface area (Å²) in [6, 6.07) is 9.24. The van der Waals surface area contributed by atoms with E-state index >= 15 is 0 Å². The summed E-state index contributed by atoms with van der Waals surface area (Å²) in [5.41, 5.74) is 5.49. The van der Waals surface area contributed by atoms with Gasteiger partial charge in [0.15, 0.2) is 5.65 Å². The van der Waals surface area contributed by atoms with E-state index in [0.29, 0.717) is 11.2 Å². The molecule has 166 valence electrons. The fourth-order valence-electron chi connectivity index (χ4n) is 3.97. The van der Waals surface area contributed by atoms with Crippen LogP contribution in [0.1, 0.15) is 52.9 Å². The fraction of sp³-hybridized carbons (Fsp3) is 0.333. The van der Waals surface area contributed by atoms with Crippen molar-refractivity contribution in [2.75, 3.05) is 7.11 Å². The maximum atomic E-state index is 13.3. The number of aryl methyl sites for hydroxylation is 4. The third kappa shape index (κ3) is 3.84. The summed E-state index contributed by atoms with van der Waals surface area (Å²) in [6.07, 6.45) is 1.99. The molecule has 3 heterocycles. The van der Waals surface area contributed by atoms with Gasteiger partial charge in [-0.1, -0.05) is 0 Å². The molecule has 0 fully saturated rings. The first-order valence-corrected chi connectivity index (χ1v) is 10.7. The Bertz CT molecular complexity index is 1290. The SMILES string of the molecule is CCn1cc([C@@H](C)NC(=O)c2cc(C)nc3c2c(C)nn3-c2ccc(OC)cc2)c(C)n1. The molecule has 1 N–H and O–H groups in total. The van der Waals surface area contributed by atoms with E-state index in [1.54, 1.807) is 11.8 Å². The van der Waals surface area contributed by atoms with Crippen LogP contribution in [0, 0.1) is 20.8 Å². The molecule has 0 saturated heterocycles. The van der Waals surface area contributed by atoms with Crippen molar-refractivity contribution < 1.29 is 9.53 Å². The number of amides is 1. The summed E-state index contributed by atoms with van der Waals surface area (Å²) in [5, 5.41) is 13.1. The molecule has 8 nitrogen and oxygen atoms in total. The number of pyridine rings is 1. The van der Waals surface area contributed by atoms with Crippen LogP contribution in [0.25, 0.3) is 16.7 Å². The molecule has 0 aliphatic heterocycles. The molecule has 4 rings (SSSR count). The summed E-state index contributed by atoms with van der Waals surface area (Å²) in [5.74, 6) is 0.607. The van der Waals surface area contributed by atoms with Gasteiger partial charge in [-0.05, 0) is 65.0 Å². The normalized spacial score (nSPS) is 12.2. The first-order chi connectivity index (χ1) is 15.3. The summed E-state index contributed by atoms with van der Waals surface area (Å²) in [6.45, 7) is 10.5. The summed E-state index contributed by atoms with van der Waals surface area (Å²) in [4.78, 5) is 18.0. The van der Waals surface area contributed by atoms with Crippen LogP contribution < -0.4 is 10.1 Å². The number of ether oxygens (including phenoxy) is 1. The van der Waals surface area contributed by atoms with Crippen LogP contribution in [-0.2, 0) is 6.54 Å². The predicted octanol–water partition coefficient (Wildman–Crippen LogP) is 4.06. The minimum absolute atomic E-state index is 0.158. The number of fused-ring (bicyclic) bond motifs is 1. The molecule has 1 atom stereocenters. The number of carbonyl (C=O) groups excluding carboxylic acids is 1. The molecule has 3 aromatic heterocycles. The molecule has 4 aromatic rings. The first-order valence-electron chi connectivity index (χ1n) is 10.7. The van der Waals surface area contributed by atoms with Crippen LogP contribution in [0.2, 0.25) is 0 Å². The lowest BCUT2D eigenvalue weighted by atomic mass is 10.1. The fourth-order valence-corrected chi connectivity index (χ4v) is 3.97. The number of nitrogens with one attached hydrogen (secondary N) is 1. The molecule has 0 aliphatic carbocycles. The standard InChI is InChI=1S/C24H28N6O2/c1-7-29-13-21(16(4)27-29)15(3)26-24(31)20-12-14(2)25-23-22(20)17(5)28-30(23)18-8-10-19(32-6)11-9-18/h8-13,15H,7H2,1-6H3,(H,26,31)/t15-/m1/s1. The average molecular weight is 433 g/mol. The van der Waals surface area contributed by atoms with Gasteiger partial charge in [0.2, 0.25) is 0 Å². The van der Waals surface area contributed by atoms with Crippen LogP contribution in [0.4, 0.5) is 0 Å². The van der Waals surface area contributed by atoms with Gasteiger partial charge in [0.25, 0.3) is 5.91 Å². The number of rotatable bonds is 6. The lowest BCUT2D eigenvalue weighted by Crippen LogP contribution is -2.27. The van der Waals surface area contributed by atoms with Gasteiger partial charge in [0, 0.05) is 24.0 Å². The zero-order chi connectivity index (χ0) is 23.0. The van der Waals surface area contributed by atoms with Gasteiger partial charge in [-0.25, -0.2) is 9.67 Å². The van der Waals surface area contributed by atoms with Crippen molar-refractivity contribution in [1.82, 2.24) is 29.9 Å². The lowest BCUT2D eigenvalue weighted by Gasteiger charge is -2.14. The van der Waals surface area contributed by atoms with E-state index in [4.69, 9.17) is 9.72 Å². The van der Waals surface area contributed by atoms with E-state index in [9.17, 15) is 4.79 Å².